The summed E-state index contributed by atoms with van der Waals surface area (Å²) in [5.41, 5.74) is 4.07. The molecule has 2 aliphatic heterocycles. The number of hydrogen-bond donors (Lipinski definition) is 2. The van der Waals surface area contributed by atoms with Crippen molar-refractivity contribution >= 4 is 5.76 Å². The van der Waals surface area contributed by atoms with Crippen LogP contribution >= 0.6 is 0 Å². The summed E-state index contributed by atoms with van der Waals surface area (Å²) in [5.74, 6) is -0.228. The van der Waals surface area contributed by atoms with E-state index in [2.05, 4.69) is 16.7 Å². The van der Waals surface area contributed by atoms with Gasteiger partial charge in [-0.2, -0.15) is 9.65 Å². The lowest BCUT2D eigenvalue weighted by Crippen LogP contribution is -2.39. The Hall–Kier alpha value is -2.88. The Bertz CT molecular complexity index is 897. The summed E-state index contributed by atoms with van der Waals surface area (Å²) in [6.45, 7) is 2.40. The maximum atomic E-state index is 14.4. The molecule has 0 unspecified atom stereocenters. The number of rotatable bonds is 4. The molecule has 1 atom stereocenters. The van der Waals surface area contributed by atoms with Crippen LogP contribution < -0.4 is 10.6 Å². The molecule has 2 heterocycles. The van der Waals surface area contributed by atoms with Crippen LogP contribution in [0, 0.1) is 11.3 Å². The summed E-state index contributed by atoms with van der Waals surface area (Å²) in [4.78, 5) is 0. The summed E-state index contributed by atoms with van der Waals surface area (Å²) in [6.07, 6.45) is 0.693. The fourth-order valence-corrected chi connectivity index (χ4v) is 3.50. The van der Waals surface area contributed by atoms with Crippen molar-refractivity contribution in [1.29, 1.82) is 5.26 Å². The van der Waals surface area contributed by atoms with Crippen molar-refractivity contribution in [2.24, 2.45) is 0 Å². The lowest BCUT2D eigenvalue weighted by molar-refractivity contribution is 0.0292. The number of nitriles is 1. The Labute approximate surface area is 157 Å². The van der Waals surface area contributed by atoms with Crippen molar-refractivity contribution in [3.8, 4) is 17.2 Å². The standard InChI is InChI=1S/C21H20FN3O2/c22-21-20(27-13-25-21)19-16(10-17-12-24-8-9-26-17)2-1-3-18(19)15-6-4-14(11-23)5-7-15/h1-7,17,24-25H,8-10,12-13H2/t17-/m1/s1. The molecule has 0 radical (unpaired) electrons. The zero-order valence-electron chi connectivity index (χ0n) is 14.8. The quantitative estimate of drug-likeness (QED) is 0.816. The molecular weight excluding hydrogens is 345 g/mol. The zero-order valence-corrected chi connectivity index (χ0v) is 14.8. The minimum Gasteiger partial charge on any atom is -0.468 e. The summed E-state index contributed by atoms with van der Waals surface area (Å²) in [5, 5.41) is 15.0. The average Bonchev–Trinajstić information content (AvgIpc) is 3.14. The second kappa shape index (κ2) is 7.78. The maximum Gasteiger partial charge on any atom is 0.232 e. The first-order valence-corrected chi connectivity index (χ1v) is 8.98. The first-order chi connectivity index (χ1) is 13.3. The van der Waals surface area contributed by atoms with E-state index >= 15 is 0 Å². The molecule has 0 bridgehead atoms. The molecule has 1 fully saturated rings. The normalized spacial score (nSPS) is 19.3. The Morgan fingerprint density at radius 3 is 2.70 bits per heavy atom. The van der Waals surface area contributed by atoms with Crippen LogP contribution in [0.15, 0.2) is 48.4 Å². The maximum absolute atomic E-state index is 14.4. The highest BCUT2D eigenvalue weighted by molar-refractivity contribution is 5.82. The molecule has 0 amide bonds. The number of ether oxygens (including phenoxy) is 2. The van der Waals surface area contributed by atoms with Gasteiger partial charge in [-0.25, -0.2) is 0 Å². The third-order valence-electron chi connectivity index (χ3n) is 4.80. The van der Waals surface area contributed by atoms with Crippen LogP contribution in [-0.2, 0) is 15.9 Å². The third kappa shape index (κ3) is 3.65. The molecule has 0 aliphatic carbocycles. The third-order valence-corrected chi connectivity index (χ3v) is 4.80. The smallest absolute Gasteiger partial charge is 0.232 e. The Morgan fingerprint density at radius 2 is 2.04 bits per heavy atom. The summed E-state index contributed by atoms with van der Waals surface area (Å²) in [7, 11) is 0. The number of nitrogens with zero attached hydrogens (tertiary/aromatic N) is 1. The van der Waals surface area contributed by atoms with Crippen molar-refractivity contribution in [3.63, 3.8) is 0 Å². The predicted octanol–water partition coefficient (Wildman–Crippen LogP) is 2.93. The van der Waals surface area contributed by atoms with Crippen molar-refractivity contribution < 1.29 is 13.9 Å². The topological polar surface area (TPSA) is 66.3 Å². The fourth-order valence-electron chi connectivity index (χ4n) is 3.50. The SMILES string of the molecule is N#Cc1ccc(-c2cccc(C[C@@H]3CNCCO3)c2C2=C(F)NCO2)cc1. The molecule has 0 aromatic heterocycles. The second-order valence-electron chi connectivity index (χ2n) is 6.54. The molecule has 27 heavy (non-hydrogen) atoms. The molecule has 2 aliphatic rings. The monoisotopic (exact) mass is 365 g/mol. The van der Waals surface area contributed by atoms with E-state index in [0.29, 0.717) is 18.6 Å². The summed E-state index contributed by atoms with van der Waals surface area (Å²) >= 11 is 0. The number of nitrogens with one attached hydrogen (secondary N) is 2. The minimum absolute atomic E-state index is 0.0340. The van der Waals surface area contributed by atoms with Crippen LogP contribution in [0.5, 0.6) is 0 Å². The van der Waals surface area contributed by atoms with E-state index in [-0.39, 0.29) is 18.6 Å². The number of benzene rings is 2. The van der Waals surface area contributed by atoms with Gasteiger partial charge in [-0.05, 0) is 28.8 Å². The van der Waals surface area contributed by atoms with Gasteiger partial charge >= 0.3 is 0 Å². The van der Waals surface area contributed by atoms with Crippen molar-refractivity contribution in [1.82, 2.24) is 10.6 Å². The highest BCUT2D eigenvalue weighted by atomic mass is 19.1. The largest absolute Gasteiger partial charge is 0.468 e. The van der Waals surface area contributed by atoms with Crippen LogP contribution in [-0.4, -0.2) is 32.5 Å². The van der Waals surface area contributed by atoms with Crippen LogP contribution in [0.25, 0.3) is 16.9 Å². The van der Waals surface area contributed by atoms with Crippen LogP contribution in [0.2, 0.25) is 0 Å². The molecular formula is C21H20FN3O2. The van der Waals surface area contributed by atoms with Crippen LogP contribution in [0.3, 0.4) is 0 Å². The Morgan fingerprint density at radius 1 is 1.19 bits per heavy atom. The molecule has 2 aromatic rings. The highest BCUT2D eigenvalue weighted by Crippen LogP contribution is 2.36. The van der Waals surface area contributed by atoms with Gasteiger partial charge < -0.3 is 20.1 Å². The van der Waals surface area contributed by atoms with Gasteiger partial charge in [0, 0.05) is 25.1 Å². The van der Waals surface area contributed by atoms with E-state index in [4.69, 9.17) is 14.7 Å². The molecule has 2 N–H and O–H groups in total. The molecule has 2 aromatic carbocycles. The lowest BCUT2D eigenvalue weighted by atomic mass is 9.91. The van der Waals surface area contributed by atoms with Crippen molar-refractivity contribution in [2.75, 3.05) is 26.4 Å². The number of morpholine rings is 1. The average molecular weight is 365 g/mol. The Balaban J connectivity index is 1.79. The van der Waals surface area contributed by atoms with E-state index in [9.17, 15) is 4.39 Å². The summed E-state index contributed by atoms with van der Waals surface area (Å²) in [6, 6.07) is 15.3. The van der Waals surface area contributed by atoms with Gasteiger partial charge in [0.1, 0.15) is 0 Å². The summed E-state index contributed by atoms with van der Waals surface area (Å²) < 4.78 is 25.8. The first-order valence-electron chi connectivity index (χ1n) is 8.98. The fraction of sp³-hybridized carbons (Fsp3) is 0.286. The number of hydrogen-bond acceptors (Lipinski definition) is 5. The van der Waals surface area contributed by atoms with E-state index < -0.39 is 5.95 Å². The van der Waals surface area contributed by atoms with Crippen LogP contribution in [0.4, 0.5) is 4.39 Å². The molecule has 4 rings (SSSR count). The lowest BCUT2D eigenvalue weighted by Gasteiger charge is -2.25. The van der Waals surface area contributed by atoms with Gasteiger partial charge in [0.2, 0.25) is 5.95 Å². The minimum atomic E-state index is -0.458. The molecule has 5 nitrogen and oxygen atoms in total. The molecule has 0 spiro atoms. The molecule has 1 saturated heterocycles. The van der Waals surface area contributed by atoms with Gasteiger partial charge in [-0.15, -0.1) is 0 Å². The van der Waals surface area contributed by atoms with E-state index in [1.54, 1.807) is 12.1 Å². The zero-order chi connectivity index (χ0) is 18.6. The van der Waals surface area contributed by atoms with Crippen LogP contribution in [0.1, 0.15) is 16.7 Å². The van der Waals surface area contributed by atoms with Gasteiger partial charge in [0.25, 0.3) is 0 Å². The van der Waals surface area contributed by atoms with Crippen molar-refractivity contribution in [3.05, 3.63) is 65.1 Å². The molecule has 138 valence electrons. The Kier molecular flexibility index (Phi) is 5.05. The number of halogens is 1. The predicted molar refractivity (Wildman–Crippen MR) is 100 cm³/mol. The van der Waals surface area contributed by atoms with E-state index in [1.807, 2.05) is 30.3 Å². The molecule has 0 saturated carbocycles. The second-order valence-corrected chi connectivity index (χ2v) is 6.54. The van der Waals surface area contributed by atoms with E-state index in [0.717, 1.165) is 35.3 Å². The van der Waals surface area contributed by atoms with Gasteiger partial charge in [-0.3, -0.25) is 0 Å². The van der Waals surface area contributed by atoms with Gasteiger partial charge in [0.05, 0.1) is 24.3 Å². The first kappa shape index (κ1) is 17.5. The molecule has 6 heteroatoms. The van der Waals surface area contributed by atoms with Gasteiger partial charge in [0.15, 0.2) is 12.5 Å². The highest BCUT2D eigenvalue weighted by Gasteiger charge is 2.25. The van der Waals surface area contributed by atoms with E-state index in [1.165, 1.54) is 0 Å². The van der Waals surface area contributed by atoms with Gasteiger partial charge in [-0.1, -0.05) is 30.3 Å². The van der Waals surface area contributed by atoms with Crippen molar-refractivity contribution in [2.45, 2.75) is 12.5 Å².